The standard InChI is InChI=1S/C22H23NO4S/c1-4-26-19-12-15(9-10-18(19)27-13-21(24)23(2)3)11-16-14-28-20-8-6-5-7-17(20)22(16)25/h5-12H,4,13-14H2,1-3H3/b16-11-. The predicted octanol–water partition coefficient (Wildman–Crippen LogP) is 3.92. The third-order valence-electron chi connectivity index (χ3n) is 4.26. The number of ketones is 1. The van der Waals surface area contributed by atoms with Gasteiger partial charge in [0.25, 0.3) is 5.91 Å². The number of carbonyl (C=O) groups is 2. The zero-order chi connectivity index (χ0) is 20.1. The molecule has 0 unspecified atom stereocenters. The van der Waals surface area contributed by atoms with Crippen LogP contribution in [0.5, 0.6) is 11.5 Å². The lowest BCUT2D eigenvalue weighted by atomic mass is 10.0. The van der Waals surface area contributed by atoms with E-state index in [2.05, 4.69) is 0 Å². The van der Waals surface area contributed by atoms with Gasteiger partial charge in [0.1, 0.15) is 0 Å². The lowest BCUT2D eigenvalue weighted by molar-refractivity contribution is -0.130. The molecule has 3 rings (SSSR count). The largest absolute Gasteiger partial charge is 0.490 e. The maximum atomic E-state index is 12.8. The summed E-state index contributed by atoms with van der Waals surface area (Å²) < 4.78 is 11.3. The molecule has 5 nitrogen and oxygen atoms in total. The molecule has 0 fully saturated rings. The second-order valence-electron chi connectivity index (χ2n) is 6.50. The van der Waals surface area contributed by atoms with Gasteiger partial charge >= 0.3 is 0 Å². The summed E-state index contributed by atoms with van der Waals surface area (Å²) in [5.41, 5.74) is 2.36. The Labute approximate surface area is 169 Å². The minimum absolute atomic E-state index is 0.0561. The Morgan fingerprint density at radius 1 is 1.14 bits per heavy atom. The van der Waals surface area contributed by atoms with Crippen molar-refractivity contribution in [2.24, 2.45) is 0 Å². The van der Waals surface area contributed by atoms with Crippen molar-refractivity contribution in [1.29, 1.82) is 0 Å². The van der Waals surface area contributed by atoms with Crippen molar-refractivity contribution >= 4 is 29.5 Å². The molecule has 0 aliphatic carbocycles. The highest BCUT2D eigenvalue weighted by atomic mass is 32.2. The molecule has 0 spiro atoms. The van der Waals surface area contributed by atoms with Gasteiger partial charge in [0.15, 0.2) is 23.9 Å². The van der Waals surface area contributed by atoms with Crippen LogP contribution >= 0.6 is 11.8 Å². The fourth-order valence-electron chi connectivity index (χ4n) is 2.75. The van der Waals surface area contributed by atoms with Crippen LogP contribution in [0.4, 0.5) is 0 Å². The van der Waals surface area contributed by atoms with Crippen LogP contribution in [0.1, 0.15) is 22.8 Å². The number of rotatable bonds is 6. The zero-order valence-electron chi connectivity index (χ0n) is 16.2. The van der Waals surface area contributed by atoms with Gasteiger partial charge in [-0.05, 0) is 42.8 Å². The molecule has 0 bridgehead atoms. The first-order valence-electron chi connectivity index (χ1n) is 9.06. The molecule has 1 aliphatic rings. The van der Waals surface area contributed by atoms with E-state index in [-0.39, 0.29) is 18.3 Å². The Hall–Kier alpha value is -2.73. The lowest BCUT2D eigenvalue weighted by Crippen LogP contribution is -2.27. The molecule has 0 atom stereocenters. The minimum Gasteiger partial charge on any atom is -0.490 e. The van der Waals surface area contributed by atoms with E-state index in [1.165, 1.54) is 4.90 Å². The van der Waals surface area contributed by atoms with Crippen molar-refractivity contribution in [1.82, 2.24) is 4.90 Å². The molecule has 1 aliphatic heterocycles. The molecular weight excluding hydrogens is 374 g/mol. The Bertz CT molecular complexity index is 921. The second-order valence-corrected chi connectivity index (χ2v) is 7.52. The van der Waals surface area contributed by atoms with Crippen molar-refractivity contribution in [3.63, 3.8) is 0 Å². The van der Waals surface area contributed by atoms with E-state index >= 15 is 0 Å². The number of nitrogens with zero attached hydrogens (tertiary/aromatic N) is 1. The Morgan fingerprint density at radius 3 is 2.68 bits per heavy atom. The van der Waals surface area contributed by atoms with Crippen LogP contribution in [-0.4, -0.2) is 49.7 Å². The predicted molar refractivity (Wildman–Crippen MR) is 111 cm³/mol. The van der Waals surface area contributed by atoms with Gasteiger partial charge in [-0.25, -0.2) is 0 Å². The molecule has 2 aromatic carbocycles. The molecule has 6 heteroatoms. The van der Waals surface area contributed by atoms with E-state index in [1.54, 1.807) is 31.9 Å². The molecule has 28 heavy (non-hydrogen) atoms. The first-order valence-corrected chi connectivity index (χ1v) is 10.0. The molecule has 1 amide bonds. The fraction of sp³-hybridized carbons (Fsp3) is 0.273. The lowest BCUT2D eigenvalue weighted by Gasteiger charge is -2.17. The van der Waals surface area contributed by atoms with Gasteiger partial charge in [0.2, 0.25) is 0 Å². The zero-order valence-corrected chi connectivity index (χ0v) is 17.0. The summed E-state index contributed by atoms with van der Waals surface area (Å²) in [6, 6.07) is 13.1. The quantitative estimate of drug-likeness (QED) is 0.692. The average molecular weight is 397 g/mol. The maximum Gasteiger partial charge on any atom is 0.259 e. The summed E-state index contributed by atoms with van der Waals surface area (Å²) in [4.78, 5) is 27.0. The fourth-order valence-corrected chi connectivity index (χ4v) is 3.77. The number of hydrogen-bond acceptors (Lipinski definition) is 5. The number of hydrogen-bond donors (Lipinski definition) is 0. The van der Waals surface area contributed by atoms with Crippen molar-refractivity contribution in [2.75, 3.05) is 33.1 Å². The van der Waals surface area contributed by atoms with Crippen LogP contribution in [0.3, 0.4) is 0 Å². The molecule has 0 saturated carbocycles. The highest BCUT2D eigenvalue weighted by Gasteiger charge is 2.22. The maximum absolute atomic E-state index is 12.8. The molecule has 146 valence electrons. The monoisotopic (exact) mass is 397 g/mol. The summed E-state index contributed by atoms with van der Waals surface area (Å²) in [6.45, 7) is 2.30. The summed E-state index contributed by atoms with van der Waals surface area (Å²) in [5, 5.41) is 0. The number of fused-ring (bicyclic) bond motifs is 1. The van der Waals surface area contributed by atoms with E-state index in [9.17, 15) is 9.59 Å². The summed E-state index contributed by atoms with van der Waals surface area (Å²) in [6.07, 6.45) is 1.89. The van der Waals surface area contributed by atoms with Crippen LogP contribution in [0.2, 0.25) is 0 Å². The van der Waals surface area contributed by atoms with Crippen LogP contribution in [0, 0.1) is 0 Å². The number of Topliss-reactive ketones (excluding diaryl/α,β-unsaturated/α-hetero) is 1. The average Bonchev–Trinajstić information content (AvgIpc) is 2.69. The van der Waals surface area contributed by atoms with Gasteiger partial charge in [-0.3, -0.25) is 9.59 Å². The van der Waals surface area contributed by atoms with Gasteiger partial charge in [-0.2, -0.15) is 0 Å². The van der Waals surface area contributed by atoms with E-state index < -0.39 is 0 Å². The Balaban J connectivity index is 1.83. The van der Waals surface area contributed by atoms with Crippen LogP contribution in [0.15, 0.2) is 52.9 Å². The molecule has 0 radical (unpaired) electrons. The van der Waals surface area contributed by atoms with Gasteiger partial charge in [-0.1, -0.05) is 18.2 Å². The summed E-state index contributed by atoms with van der Waals surface area (Å²) in [5.74, 6) is 1.63. The molecule has 1 heterocycles. The highest BCUT2D eigenvalue weighted by Crippen LogP contribution is 2.34. The van der Waals surface area contributed by atoms with Gasteiger partial charge in [0.05, 0.1) is 6.61 Å². The third kappa shape index (κ3) is 4.57. The molecule has 0 saturated heterocycles. The normalized spacial score (nSPS) is 14.5. The van der Waals surface area contributed by atoms with Gasteiger partial charge in [0, 0.05) is 35.9 Å². The van der Waals surface area contributed by atoms with Gasteiger partial charge < -0.3 is 14.4 Å². The number of ether oxygens (including phenoxy) is 2. The van der Waals surface area contributed by atoms with Crippen LogP contribution in [0.25, 0.3) is 6.08 Å². The highest BCUT2D eigenvalue weighted by molar-refractivity contribution is 7.99. The van der Waals surface area contributed by atoms with Crippen molar-refractivity contribution < 1.29 is 19.1 Å². The molecular formula is C22H23NO4S. The van der Waals surface area contributed by atoms with Crippen molar-refractivity contribution in [3.8, 4) is 11.5 Å². The van der Waals surface area contributed by atoms with E-state index in [0.717, 1.165) is 21.6 Å². The summed E-state index contributed by atoms with van der Waals surface area (Å²) >= 11 is 1.66. The Morgan fingerprint density at radius 2 is 1.93 bits per heavy atom. The number of benzene rings is 2. The van der Waals surface area contributed by atoms with Crippen LogP contribution < -0.4 is 9.47 Å². The molecule has 0 aromatic heterocycles. The van der Waals surface area contributed by atoms with Crippen molar-refractivity contribution in [3.05, 3.63) is 59.2 Å². The second kappa shape index (κ2) is 8.97. The van der Waals surface area contributed by atoms with E-state index in [1.807, 2.05) is 49.4 Å². The number of thioether (sulfide) groups is 1. The van der Waals surface area contributed by atoms with Gasteiger partial charge in [-0.15, -0.1) is 11.8 Å². The first kappa shape index (κ1) is 20.0. The van der Waals surface area contributed by atoms with E-state index in [0.29, 0.717) is 23.9 Å². The topological polar surface area (TPSA) is 55.8 Å². The smallest absolute Gasteiger partial charge is 0.259 e. The SMILES string of the molecule is CCOc1cc(/C=C2/CSc3ccccc3C2=O)ccc1OCC(=O)N(C)C. The number of amides is 1. The third-order valence-corrected chi connectivity index (χ3v) is 5.39. The first-order chi connectivity index (χ1) is 13.5. The summed E-state index contributed by atoms with van der Waals surface area (Å²) in [7, 11) is 3.36. The minimum atomic E-state index is -0.128. The number of likely N-dealkylation sites (N-methyl/N-ethyl adjacent to an activating group) is 1. The molecule has 2 aromatic rings. The van der Waals surface area contributed by atoms with E-state index in [4.69, 9.17) is 9.47 Å². The van der Waals surface area contributed by atoms with Crippen LogP contribution in [-0.2, 0) is 4.79 Å². The number of carbonyl (C=O) groups excluding carboxylic acids is 2. The van der Waals surface area contributed by atoms with Crippen molar-refractivity contribution in [2.45, 2.75) is 11.8 Å². The Kier molecular flexibility index (Phi) is 6.41. The molecule has 0 N–H and O–H groups in total.